The molecule has 0 unspecified atom stereocenters. The second-order valence-corrected chi connectivity index (χ2v) is 3.51. The van der Waals surface area contributed by atoms with Crippen LogP contribution in [0.4, 0.5) is 4.39 Å². The number of halogens is 2. The van der Waals surface area contributed by atoms with Crippen molar-refractivity contribution in [3.8, 4) is 5.75 Å². The van der Waals surface area contributed by atoms with Crippen LogP contribution in [-0.2, 0) is 0 Å². The summed E-state index contributed by atoms with van der Waals surface area (Å²) in [4.78, 5) is 3.94. The van der Waals surface area contributed by atoms with Gasteiger partial charge in [-0.05, 0) is 34.1 Å². The Hall–Kier alpha value is -1.16. The van der Waals surface area contributed by atoms with E-state index in [0.717, 1.165) is 0 Å². The van der Waals surface area contributed by atoms with E-state index < -0.39 is 0 Å². The first-order chi connectivity index (χ1) is 6.16. The predicted octanol–water partition coefficient (Wildman–Crippen LogP) is 2.84. The minimum absolute atomic E-state index is 0.0363. The molecule has 0 aliphatic heterocycles. The molecular weight excluding hydrogens is 237 g/mol. The molecule has 13 heavy (non-hydrogen) atoms. The standard InChI is InChI=1S/C9H5BrFNO/c10-7-3-9-5(2-8(7)11)1-6(13)4-12-9/h1-4,13H. The fourth-order valence-corrected chi connectivity index (χ4v) is 1.44. The Morgan fingerprint density at radius 2 is 2.08 bits per heavy atom. The molecule has 0 amide bonds. The van der Waals surface area contributed by atoms with Crippen molar-refractivity contribution in [2.24, 2.45) is 0 Å². The molecule has 0 aliphatic rings. The highest BCUT2D eigenvalue weighted by molar-refractivity contribution is 9.10. The monoisotopic (exact) mass is 241 g/mol. The molecule has 0 bridgehead atoms. The molecule has 0 atom stereocenters. The lowest BCUT2D eigenvalue weighted by molar-refractivity contribution is 0.474. The first kappa shape index (κ1) is 8.44. The summed E-state index contributed by atoms with van der Waals surface area (Å²) < 4.78 is 13.4. The van der Waals surface area contributed by atoms with Gasteiger partial charge in [0.15, 0.2) is 0 Å². The fourth-order valence-electron chi connectivity index (χ4n) is 1.11. The Bertz CT molecular complexity index is 472. The molecule has 0 spiro atoms. The van der Waals surface area contributed by atoms with E-state index in [4.69, 9.17) is 5.11 Å². The van der Waals surface area contributed by atoms with Gasteiger partial charge < -0.3 is 5.11 Å². The Morgan fingerprint density at radius 3 is 2.85 bits per heavy atom. The van der Waals surface area contributed by atoms with E-state index in [1.54, 1.807) is 6.07 Å². The largest absolute Gasteiger partial charge is 0.506 e. The maximum absolute atomic E-state index is 13.0. The van der Waals surface area contributed by atoms with Crippen LogP contribution < -0.4 is 0 Å². The third kappa shape index (κ3) is 1.49. The van der Waals surface area contributed by atoms with Crippen molar-refractivity contribution >= 4 is 26.8 Å². The van der Waals surface area contributed by atoms with E-state index in [0.29, 0.717) is 15.4 Å². The Morgan fingerprint density at radius 1 is 1.31 bits per heavy atom. The SMILES string of the molecule is Oc1cnc2cc(Br)c(F)cc2c1. The second kappa shape index (κ2) is 2.96. The van der Waals surface area contributed by atoms with Crippen molar-refractivity contribution in [3.63, 3.8) is 0 Å². The number of aromatic nitrogens is 1. The van der Waals surface area contributed by atoms with Gasteiger partial charge in [-0.2, -0.15) is 0 Å². The summed E-state index contributed by atoms with van der Waals surface area (Å²) in [5, 5.41) is 9.68. The summed E-state index contributed by atoms with van der Waals surface area (Å²) in [6, 6.07) is 4.37. The molecule has 1 aromatic heterocycles. The van der Waals surface area contributed by atoms with Crippen LogP contribution in [0.1, 0.15) is 0 Å². The maximum atomic E-state index is 13.0. The molecule has 4 heteroatoms. The van der Waals surface area contributed by atoms with E-state index in [9.17, 15) is 4.39 Å². The molecule has 0 saturated carbocycles. The number of benzene rings is 1. The van der Waals surface area contributed by atoms with Gasteiger partial charge in [0.25, 0.3) is 0 Å². The predicted molar refractivity (Wildman–Crippen MR) is 51.1 cm³/mol. The van der Waals surface area contributed by atoms with E-state index >= 15 is 0 Å². The first-order valence-corrected chi connectivity index (χ1v) is 4.40. The van der Waals surface area contributed by atoms with Gasteiger partial charge in [0.2, 0.25) is 0 Å². The van der Waals surface area contributed by atoms with Crippen LogP contribution in [0, 0.1) is 5.82 Å². The normalized spacial score (nSPS) is 10.6. The number of fused-ring (bicyclic) bond motifs is 1. The number of nitrogens with zero attached hydrogens (tertiary/aromatic N) is 1. The number of hydrogen-bond acceptors (Lipinski definition) is 2. The molecule has 66 valence electrons. The highest BCUT2D eigenvalue weighted by atomic mass is 79.9. The summed E-state index contributed by atoms with van der Waals surface area (Å²) in [7, 11) is 0. The lowest BCUT2D eigenvalue weighted by Crippen LogP contribution is -1.82. The third-order valence-corrected chi connectivity index (χ3v) is 2.32. The van der Waals surface area contributed by atoms with E-state index in [1.165, 1.54) is 18.3 Å². The van der Waals surface area contributed by atoms with Crippen LogP contribution in [0.25, 0.3) is 10.9 Å². The smallest absolute Gasteiger partial charge is 0.138 e. The van der Waals surface area contributed by atoms with Gasteiger partial charge >= 0.3 is 0 Å². The lowest BCUT2D eigenvalue weighted by Gasteiger charge is -1.99. The van der Waals surface area contributed by atoms with Gasteiger partial charge in [-0.1, -0.05) is 0 Å². The zero-order chi connectivity index (χ0) is 9.42. The topological polar surface area (TPSA) is 33.1 Å². The molecule has 2 nitrogen and oxygen atoms in total. The zero-order valence-electron chi connectivity index (χ0n) is 6.46. The van der Waals surface area contributed by atoms with Gasteiger partial charge in [-0.3, -0.25) is 4.98 Å². The highest BCUT2D eigenvalue weighted by Gasteiger charge is 2.03. The van der Waals surface area contributed by atoms with Crippen LogP contribution in [0.3, 0.4) is 0 Å². The van der Waals surface area contributed by atoms with Crippen molar-refractivity contribution in [2.75, 3.05) is 0 Å². The van der Waals surface area contributed by atoms with Gasteiger partial charge in [0.1, 0.15) is 11.6 Å². The lowest BCUT2D eigenvalue weighted by atomic mass is 10.2. The average molecular weight is 242 g/mol. The van der Waals surface area contributed by atoms with Gasteiger partial charge in [0.05, 0.1) is 16.2 Å². The first-order valence-electron chi connectivity index (χ1n) is 3.60. The van der Waals surface area contributed by atoms with Crippen molar-refractivity contribution < 1.29 is 9.50 Å². The molecule has 1 aromatic carbocycles. The molecule has 1 heterocycles. The molecule has 0 fully saturated rings. The molecule has 0 saturated heterocycles. The van der Waals surface area contributed by atoms with Crippen molar-refractivity contribution in [2.45, 2.75) is 0 Å². The van der Waals surface area contributed by atoms with Gasteiger partial charge in [-0.25, -0.2) is 4.39 Å². The van der Waals surface area contributed by atoms with E-state index in [1.807, 2.05) is 0 Å². The molecule has 1 N–H and O–H groups in total. The van der Waals surface area contributed by atoms with Crippen LogP contribution in [0.2, 0.25) is 0 Å². The zero-order valence-corrected chi connectivity index (χ0v) is 8.05. The number of rotatable bonds is 0. The summed E-state index contributed by atoms with van der Waals surface area (Å²) in [6.07, 6.45) is 1.33. The number of hydrogen-bond donors (Lipinski definition) is 1. The van der Waals surface area contributed by atoms with Gasteiger partial charge in [0, 0.05) is 5.39 Å². The summed E-state index contributed by atoms with van der Waals surface area (Å²) in [6.45, 7) is 0. The Balaban J connectivity index is 2.81. The molecular formula is C9H5BrFNO. The molecule has 0 radical (unpaired) electrons. The summed E-state index contributed by atoms with van der Waals surface area (Å²) in [5.41, 5.74) is 0.645. The quantitative estimate of drug-likeness (QED) is 0.770. The highest BCUT2D eigenvalue weighted by Crippen LogP contribution is 2.23. The van der Waals surface area contributed by atoms with Crippen LogP contribution in [-0.4, -0.2) is 10.1 Å². The fraction of sp³-hybridized carbons (Fsp3) is 0. The van der Waals surface area contributed by atoms with Crippen molar-refractivity contribution in [1.82, 2.24) is 4.98 Å². The minimum Gasteiger partial charge on any atom is -0.506 e. The minimum atomic E-state index is -0.361. The van der Waals surface area contributed by atoms with Gasteiger partial charge in [-0.15, -0.1) is 0 Å². The average Bonchev–Trinajstić information content (AvgIpc) is 2.08. The van der Waals surface area contributed by atoms with Crippen LogP contribution in [0.5, 0.6) is 5.75 Å². The summed E-state index contributed by atoms with van der Waals surface area (Å²) in [5.74, 6) is -0.325. The molecule has 2 aromatic rings. The molecule has 2 rings (SSSR count). The summed E-state index contributed by atoms with van der Waals surface area (Å²) >= 11 is 3.06. The molecule has 0 aliphatic carbocycles. The van der Waals surface area contributed by atoms with Crippen LogP contribution in [0.15, 0.2) is 28.9 Å². The van der Waals surface area contributed by atoms with E-state index in [-0.39, 0.29) is 11.6 Å². The Kier molecular flexibility index (Phi) is 1.92. The van der Waals surface area contributed by atoms with Crippen molar-refractivity contribution in [1.29, 1.82) is 0 Å². The van der Waals surface area contributed by atoms with E-state index in [2.05, 4.69) is 20.9 Å². The van der Waals surface area contributed by atoms with Crippen molar-refractivity contribution in [3.05, 3.63) is 34.7 Å². The third-order valence-electron chi connectivity index (χ3n) is 1.71. The maximum Gasteiger partial charge on any atom is 0.138 e. The number of pyridine rings is 1. The second-order valence-electron chi connectivity index (χ2n) is 2.65. The Labute approximate surface area is 82.2 Å². The van der Waals surface area contributed by atoms with Crippen LogP contribution >= 0.6 is 15.9 Å². The number of aromatic hydroxyl groups is 1.